The average molecular weight is 374 g/mol. The minimum atomic E-state index is -0.722. The van der Waals surface area contributed by atoms with Crippen LogP contribution in [0.1, 0.15) is 22.6 Å². The van der Waals surface area contributed by atoms with Gasteiger partial charge in [0.05, 0.1) is 5.69 Å². The molecule has 0 radical (unpaired) electrons. The molecule has 28 heavy (non-hydrogen) atoms. The SMILES string of the molecule is Cc1cc(N=CC2C(=O)Nc3cccc(F)c32)ccc1NCc1cccnc1. The number of hydrogen-bond acceptors (Lipinski definition) is 4. The molecule has 3 aromatic rings. The normalized spacial score (nSPS) is 15.5. The topological polar surface area (TPSA) is 66.4 Å². The van der Waals surface area contributed by atoms with Crippen LogP contribution in [0.4, 0.5) is 21.5 Å². The molecule has 2 aromatic carbocycles. The van der Waals surface area contributed by atoms with Crippen molar-refractivity contribution in [2.24, 2.45) is 4.99 Å². The zero-order chi connectivity index (χ0) is 19.5. The Morgan fingerprint density at radius 2 is 2.14 bits per heavy atom. The fourth-order valence-electron chi connectivity index (χ4n) is 3.23. The molecule has 5 nitrogen and oxygen atoms in total. The summed E-state index contributed by atoms with van der Waals surface area (Å²) in [6.07, 6.45) is 5.07. The van der Waals surface area contributed by atoms with Crippen molar-refractivity contribution in [3.05, 3.63) is 83.4 Å². The molecule has 0 saturated heterocycles. The third kappa shape index (κ3) is 3.62. The van der Waals surface area contributed by atoms with Gasteiger partial charge in [0, 0.05) is 42.1 Å². The molecule has 140 valence electrons. The molecule has 4 rings (SSSR count). The van der Waals surface area contributed by atoms with Crippen LogP contribution in [0.5, 0.6) is 0 Å². The summed E-state index contributed by atoms with van der Waals surface area (Å²) in [7, 11) is 0. The minimum absolute atomic E-state index is 0.268. The average Bonchev–Trinajstić information content (AvgIpc) is 3.03. The van der Waals surface area contributed by atoms with E-state index in [9.17, 15) is 9.18 Å². The van der Waals surface area contributed by atoms with E-state index in [1.54, 1.807) is 18.3 Å². The summed E-state index contributed by atoms with van der Waals surface area (Å²) < 4.78 is 14.1. The highest BCUT2D eigenvalue weighted by Crippen LogP contribution is 2.34. The van der Waals surface area contributed by atoms with Gasteiger partial charge < -0.3 is 10.6 Å². The first-order chi connectivity index (χ1) is 13.6. The Bertz CT molecular complexity index is 1050. The van der Waals surface area contributed by atoms with E-state index < -0.39 is 11.7 Å². The number of fused-ring (bicyclic) bond motifs is 1. The van der Waals surface area contributed by atoms with Crippen molar-refractivity contribution in [1.82, 2.24) is 4.98 Å². The lowest BCUT2D eigenvalue weighted by Crippen LogP contribution is -2.13. The number of amides is 1. The van der Waals surface area contributed by atoms with E-state index in [1.807, 2.05) is 43.5 Å². The van der Waals surface area contributed by atoms with Crippen LogP contribution in [-0.4, -0.2) is 17.1 Å². The number of rotatable bonds is 5. The molecule has 0 spiro atoms. The molecule has 1 aromatic heterocycles. The number of carbonyl (C=O) groups excluding carboxylic acids is 1. The Labute approximate surface area is 162 Å². The molecule has 0 bridgehead atoms. The number of anilines is 2. The fourth-order valence-corrected chi connectivity index (χ4v) is 3.23. The Balaban J connectivity index is 1.49. The molecule has 0 saturated carbocycles. The lowest BCUT2D eigenvalue weighted by molar-refractivity contribution is -0.115. The highest BCUT2D eigenvalue weighted by molar-refractivity contribution is 6.12. The summed E-state index contributed by atoms with van der Waals surface area (Å²) >= 11 is 0. The monoisotopic (exact) mass is 374 g/mol. The predicted octanol–water partition coefficient (Wildman–Crippen LogP) is 4.58. The summed E-state index contributed by atoms with van der Waals surface area (Å²) in [5.74, 6) is -1.39. The number of aryl methyl sites for hydroxylation is 1. The Morgan fingerprint density at radius 1 is 1.25 bits per heavy atom. The summed E-state index contributed by atoms with van der Waals surface area (Å²) in [5.41, 5.74) is 4.69. The van der Waals surface area contributed by atoms with Crippen LogP contribution in [0.2, 0.25) is 0 Å². The van der Waals surface area contributed by atoms with Crippen molar-refractivity contribution in [2.75, 3.05) is 10.6 Å². The molecule has 2 N–H and O–H groups in total. The number of pyridine rings is 1. The van der Waals surface area contributed by atoms with Gasteiger partial charge in [-0.25, -0.2) is 4.39 Å². The Morgan fingerprint density at radius 3 is 2.93 bits per heavy atom. The number of hydrogen-bond donors (Lipinski definition) is 2. The van der Waals surface area contributed by atoms with Crippen LogP contribution < -0.4 is 10.6 Å². The summed E-state index contributed by atoms with van der Waals surface area (Å²) in [6.45, 7) is 2.66. The van der Waals surface area contributed by atoms with Gasteiger partial charge >= 0.3 is 0 Å². The first-order valence-corrected chi connectivity index (χ1v) is 8.99. The van der Waals surface area contributed by atoms with Crippen molar-refractivity contribution in [3.8, 4) is 0 Å². The van der Waals surface area contributed by atoms with Gasteiger partial charge in [-0.1, -0.05) is 12.1 Å². The van der Waals surface area contributed by atoms with Gasteiger partial charge in [-0.2, -0.15) is 0 Å². The van der Waals surface area contributed by atoms with Crippen LogP contribution in [0.15, 0.2) is 65.9 Å². The standard InChI is InChI=1S/C22H19FN4O/c1-14-10-16(7-8-19(14)26-12-15-4-3-9-24-11-15)25-13-17-21-18(23)5-2-6-20(21)27-22(17)28/h2-11,13,17,26H,12H2,1H3,(H,27,28). The van der Waals surface area contributed by atoms with Crippen LogP contribution >= 0.6 is 0 Å². The number of benzene rings is 2. The number of halogens is 1. The molecule has 6 heteroatoms. The van der Waals surface area contributed by atoms with E-state index in [4.69, 9.17) is 0 Å². The van der Waals surface area contributed by atoms with Crippen molar-refractivity contribution in [3.63, 3.8) is 0 Å². The van der Waals surface area contributed by atoms with Crippen molar-refractivity contribution >= 4 is 29.2 Å². The van der Waals surface area contributed by atoms with Crippen molar-refractivity contribution in [2.45, 2.75) is 19.4 Å². The molecule has 0 fully saturated rings. The zero-order valence-electron chi connectivity index (χ0n) is 15.3. The number of nitrogens with zero attached hydrogens (tertiary/aromatic N) is 2. The maximum atomic E-state index is 14.1. The van der Waals surface area contributed by atoms with Gasteiger partial charge in [0.1, 0.15) is 11.7 Å². The molecule has 0 aliphatic carbocycles. The van der Waals surface area contributed by atoms with Crippen LogP contribution in [0.3, 0.4) is 0 Å². The van der Waals surface area contributed by atoms with Gasteiger partial charge in [0.15, 0.2) is 0 Å². The molecule has 1 amide bonds. The Kier molecular flexibility index (Phi) is 4.85. The zero-order valence-corrected chi connectivity index (χ0v) is 15.3. The number of aromatic nitrogens is 1. The van der Waals surface area contributed by atoms with Crippen molar-refractivity contribution < 1.29 is 9.18 Å². The second-order valence-electron chi connectivity index (χ2n) is 6.66. The molecule has 1 aliphatic rings. The first kappa shape index (κ1) is 17.9. The Hall–Kier alpha value is -3.54. The van der Waals surface area contributed by atoms with Crippen LogP contribution in [0.25, 0.3) is 0 Å². The van der Waals surface area contributed by atoms with Gasteiger partial charge in [0.2, 0.25) is 5.91 Å². The maximum absolute atomic E-state index is 14.1. The number of aliphatic imine (C=N–C) groups is 1. The van der Waals surface area contributed by atoms with Gasteiger partial charge in [-0.15, -0.1) is 0 Å². The summed E-state index contributed by atoms with van der Waals surface area (Å²) in [4.78, 5) is 20.7. The first-order valence-electron chi connectivity index (χ1n) is 8.99. The minimum Gasteiger partial charge on any atom is -0.381 e. The van der Waals surface area contributed by atoms with E-state index in [1.165, 1.54) is 12.3 Å². The van der Waals surface area contributed by atoms with E-state index in [-0.39, 0.29) is 5.91 Å². The molecule has 1 unspecified atom stereocenters. The van der Waals surface area contributed by atoms with Crippen LogP contribution in [0, 0.1) is 12.7 Å². The van der Waals surface area contributed by atoms with E-state index in [0.717, 1.165) is 16.8 Å². The highest BCUT2D eigenvalue weighted by atomic mass is 19.1. The van der Waals surface area contributed by atoms with E-state index in [2.05, 4.69) is 20.6 Å². The van der Waals surface area contributed by atoms with Gasteiger partial charge in [0.25, 0.3) is 0 Å². The molecular formula is C22H19FN4O. The molecular weight excluding hydrogens is 355 g/mol. The second-order valence-corrected chi connectivity index (χ2v) is 6.66. The molecule has 2 heterocycles. The van der Waals surface area contributed by atoms with Crippen LogP contribution in [-0.2, 0) is 11.3 Å². The van der Waals surface area contributed by atoms with Crippen molar-refractivity contribution in [1.29, 1.82) is 0 Å². The molecule has 1 aliphatic heterocycles. The van der Waals surface area contributed by atoms with Gasteiger partial charge in [-0.05, 0) is 54.4 Å². The number of nitrogens with one attached hydrogen (secondary N) is 2. The van der Waals surface area contributed by atoms with E-state index in [0.29, 0.717) is 23.5 Å². The van der Waals surface area contributed by atoms with E-state index >= 15 is 0 Å². The summed E-state index contributed by atoms with van der Waals surface area (Å²) in [6, 6.07) is 14.3. The summed E-state index contributed by atoms with van der Waals surface area (Å²) in [5, 5.41) is 6.07. The third-order valence-corrected chi connectivity index (χ3v) is 4.69. The smallest absolute Gasteiger partial charge is 0.237 e. The second kappa shape index (κ2) is 7.60. The molecule has 1 atom stereocenters. The maximum Gasteiger partial charge on any atom is 0.237 e. The third-order valence-electron chi connectivity index (χ3n) is 4.69. The quantitative estimate of drug-likeness (QED) is 0.643. The largest absolute Gasteiger partial charge is 0.381 e. The van der Waals surface area contributed by atoms with Gasteiger partial charge in [-0.3, -0.25) is 14.8 Å². The highest BCUT2D eigenvalue weighted by Gasteiger charge is 2.31. The predicted molar refractivity (Wildman–Crippen MR) is 109 cm³/mol. The lowest BCUT2D eigenvalue weighted by atomic mass is 10.0. The fraction of sp³-hybridized carbons (Fsp3) is 0.136. The lowest BCUT2D eigenvalue weighted by Gasteiger charge is -2.10. The number of carbonyl (C=O) groups is 1.